The van der Waals surface area contributed by atoms with Crippen molar-refractivity contribution in [2.45, 2.75) is 55.8 Å². The smallest absolute Gasteiger partial charge is 0.240 e. The van der Waals surface area contributed by atoms with Crippen molar-refractivity contribution in [3.8, 4) is 5.75 Å². The van der Waals surface area contributed by atoms with E-state index in [1.165, 1.54) is 49.8 Å². The molecule has 2 aliphatic rings. The average Bonchev–Trinajstić information content (AvgIpc) is 3.24. The zero-order chi connectivity index (χ0) is 21.7. The maximum Gasteiger partial charge on any atom is 0.240 e. The Labute approximate surface area is 184 Å². The van der Waals surface area contributed by atoms with Crippen LogP contribution in [0.1, 0.15) is 56.4 Å². The molecule has 1 heterocycles. The van der Waals surface area contributed by atoms with Crippen molar-refractivity contribution in [1.29, 1.82) is 0 Å². The highest BCUT2D eigenvalue weighted by Crippen LogP contribution is 2.33. The van der Waals surface area contributed by atoms with E-state index in [0.29, 0.717) is 18.9 Å². The molecule has 0 unspecified atom stereocenters. The number of anilines is 1. The fourth-order valence-corrected chi connectivity index (χ4v) is 5.44. The Morgan fingerprint density at radius 1 is 0.935 bits per heavy atom. The zero-order valence-electron chi connectivity index (χ0n) is 17.8. The number of ether oxygens (including phenoxy) is 1. The lowest BCUT2D eigenvalue weighted by molar-refractivity contribution is -0.117. The van der Waals surface area contributed by atoms with Gasteiger partial charge in [-0.2, -0.15) is 0 Å². The maximum absolute atomic E-state index is 12.5. The molecule has 166 valence electrons. The Balaban J connectivity index is 1.25. The molecule has 0 aromatic heterocycles. The van der Waals surface area contributed by atoms with E-state index < -0.39 is 10.0 Å². The third kappa shape index (κ3) is 5.46. The van der Waals surface area contributed by atoms with E-state index in [4.69, 9.17) is 4.74 Å². The number of nitrogens with one attached hydrogen (secondary N) is 1. The van der Waals surface area contributed by atoms with Crippen LogP contribution in [0.5, 0.6) is 5.75 Å². The van der Waals surface area contributed by atoms with Crippen LogP contribution in [-0.4, -0.2) is 34.0 Å². The number of hydrogen-bond acceptors (Lipinski definition) is 4. The number of carbonyl (C=O) groups excluding carboxylic acids is 1. The molecule has 1 saturated carbocycles. The summed E-state index contributed by atoms with van der Waals surface area (Å²) in [6, 6.07) is 14.6. The van der Waals surface area contributed by atoms with E-state index in [0.717, 1.165) is 17.9 Å². The number of sulfonamides is 1. The van der Waals surface area contributed by atoms with Gasteiger partial charge in [0.05, 0.1) is 4.90 Å². The van der Waals surface area contributed by atoms with Gasteiger partial charge in [0.2, 0.25) is 15.9 Å². The van der Waals surface area contributed by atoms with Crippen molar-refractivity contribution in [3.05, 3.63) is 54.1 Å². The topological polar surface area (TPSA) is 75.7 Å². The summed E-state index contributed by atoms with van der Waals surface area (Å²) >= 11 is 0. The minimum Gasteiger partial charge on any atom is -0.492 e. The molecule has 4 rings (SSSR count). The van der Waals surface area contributed by atoms with Gasteiger partial charge in [-0.1, -0.05) is 31.4 Å². The number of nitrogens with zero attached hydrogens (tertiary/aromatic N) is 1. The molecule has 6 nitrogen and oxygen atoms in total. The number of benzene rings is 2. The van der Waals surface area contributed by atoms with E-state index in [1.807, 2.05) is 12.1 Å². The lowest BCUT2D eigenvalue weighted by Gasteiger charge is -2.22. The van der Waals surface area contributed by atoms with Crippen LogP contribution in [0, 0.1) is 0 Å². The lowest BCUT2D eigenvalue weighted by atomic mass is 9.84. The highest BCUT2D eigenvalue weighted by Gasteiger charge is 2.22. The average molecular weight is 443 g/mol. The summed E-state index contributed by atoms with van der Waals surface area (Å²) in [4.78, 5) is 13.7. The molecule has 1 aliphatic carbocycles. The summed E-state index contributed by atoms with van der Waals surface area (Å²) in [6.07, 6.45) is 7.86. The van der Waals surface area contributed by atoms with E-state index >= 15 is 0 Å². The Morgan fingerprint density at radius 2 is 1.65 bits per heavy atom. The molecule has 31 heavy (non-hydrogen) atoms. The largest absolute Gasteiger partial charge is 0.492 e. The fraction of sp³-hybridized carbons (Fsp3) is 0.458. The van der Waals surface area contributed by atoms with Gasteiger partial charge >= 0.3 is 0 Å². The molecule has 2 fully saturated rings. The summed E-state index contributed by atoms with van der Waals surface area (Å²) in [5.74, 6) is 1.49. The van der Waals surface area contributed by atoms with Crippen molar-refractivity contribution in [2.75, 3.05) is 24.6 Å². The van der Waals surface area contributed by atoms with Gasteiger partial charge in [0.1, 0.15) is 12.4 Å². The van der Waals surface area contributed by atoms with Crippen molar-refractivity contribution in [1.82, 2.24) is 4.72 Å². The first-order valence-corrected chi connectivity index (χ1v) is 12.6. The van der Waals surface area contributed by atoms with Crippen LogP contribution in [0.2, 0.25) is 0 Å². The van der Waals surface area contributed by atoms with Gasteiger partial charge in [-0.05, 0) is 67.1 Å². The van der Waals surface area contributed by atoms with Crippen molar-refractivity contribution in [3.63, 3.8) is 0 Å². The van der Waals surface area contributed by atoms with Crippen LogP contribution in [0.3, 0.4) is 0 Å². The van der Waals surface area contributed by atoms with Crippen molar-refractivity contribution < 1.29 is 17.9 Å². The Hall–Kier alpha value is -2.38. The molecule has 1 N–H and O–H groups in total. The molecular formula is C24H30N2O4S. The Kier molecular flexibility index (Phi) is 6.92. The highest BCUT2D eigenvalue weighted by molar-refractivity contribution is 7.89. The van der Waals surface area contributed by atoms with Crippen LogP contribution in [0.15, 0.2) is 53.4 Å². The fourth-order valence-electron chi connectivity index (χ4n) is 4.43. The molecule has 7 heteroatoms. The maximum atomic E-state index is 12.5. The number of carbonyl (C=O) groups is 1. The summed E-state index contributed by atoms with van der Waals surface area (Å²) < 4.78 is 33.3. The number of rotatable bonds is 8. The van der Waals surface area contributed by atoms with Crippen LogP contribution in [0.4, 0.5) is 5.69 Å². The Bertz CT molecular complexity index is 981. The lowest BCUT2D eigenvalue weighted by Crippen LogP contribution is -2.28. The van der Waals surface area contributed by atoms with E-state index in [2.05, 4.69) is 16.9 Å². The monoisotopic (exact) mass is 442 g/mol. The van der Waals surface area contributed by atoms with E-state index in [-0.39, 0.29) is 24.0 Å². The summed E-state index contributed by atoms with van der Waals surface area (Å²) in [6.45, 7) is 1.11. The molecule has 0 atom stereocenters. The summed E-state index contributed by atoms with van der Waals surface area (Å²) in [5.41, 5.74) is 2.10. The highest BCUT2D eigenvalue weighted by atomic mass is 32.2. The van der Waals surface area contributed by atoms with Crippen molar-refractivity contribution >= 4 is 21.6 Å². The number of amides is 1. The molecule has 1 aliphatic heterocycles. The molecule has 2 aromatic carbocycles. The standard InChI is InChI=1S/C24H30N2O4S/c27-24-7-4-17-26(24)21-10-14-23(15-11-21)31(28,29)25-16-18-30-22-12-8-20(9-13-22)19-5-2-1-3-6-19/h8-15,19,25H,1-7,16-18H2. The first-order chi connectivity index (χ1) is 15.0. The molecule has 2 aromatic rings. The molecular weight excluding hydrogens is 412 g/mol. The van der Waals surface area contributed by atoms with Gasteiger partial charge in [0, 0.05) is 25.2 Å². The predicted molar refractivity (Wildman–Crippen MR) is 121 cm³/mol. The van der Waals surface area contributed by atoms with Crippen LogP contribution in [-0.2, 0) is 14.8 Å². The van der Waals surface area contributed by atoms with E-state index in [1.54, 1.807) is 17.0 Å². The van der Waals surface area contributed by atoms with Crippen LogP contribution >= 0.6 is 0 Å². The van der Waals surface area contributed by atoms with E-state index in [9.17, 15) is 13.2 Å². The SMILES string of the molecule is O=C1CCCN1c1ccc(S(=O)(=O)NCCOc2ccc(C3CCCCC3)cc2)cc1. The second-order valence-corrected chi connectivity index (χ2v) is 10.1. The first-order valence-electron chi connectivity index (χ1n) is 11.2. The minimum atomic E-state index is -3.62. The van der Waals surface area contributed by atoms with Gasteiger partial charge < -0.3 is 9.64 Å². The molecule has 0 bridgehead atoms. The molecule has 1 amide bonds. The quantitative estimate of drug-likeness (QED) is 0.621. The summed E-state index contributed by atoms with van der Waals surface area (Å²) in [7, 11) is -3.62. The van der Waals surface area contributed by atoms with Gasteiger partial charge in [0.25, 0.3) is 0 Å². The zero-order valence-corrected chi connectivity index (χ0v) is 18.6. The Morgan fingerprint density at radius 3 is 2.29 bits per heavy atom. The normalized spacial score (nSPS) is 17.8. The predicted octanol–water partition coefficient (Wildman–Crippen LogP) is 4.22. The summed E-state index contributed by atoms with van der Waals surface area (Å²) in [5, 5.41) is 0. The second-order valence-electron chi connectivity index (χ2n) is 8.29. The number of hydrogen-bond donors (Lipinski definition) is 1. The third-order valence-electron chi connectivity index (χ3n) is 6.15. The minimum absolute atomic E-state index is 0.0812. The third-order valence-corrected chi connectivity index (χ3v) is 7.63. The second kappa shape index (κ2) is 9.83. The van der Waals surface area contributed by atoms with Gasteiger partial charge in [-0.15, -0.1) is 0 Å². The molecule has 0 radical (unpaired) electrons. The first kappa shape index (κ1) is 21.8. The molecule has 1 saturated heterocycles. The van der Waals surface area contributed by atoms with Crippen LogP contribution < -0.4 is 14.4 Å². The van der Waals surface area contributed by atoms with Gasteiger partial charge in [-0.3, -0.25) is 4.79 Å². The van der Waals surface area contributed by atoms with Gasteiger partial charge in [0.15, 0.2) is 0 Å². The van der Waals surface area contributed by atoms with Crippen molar-refractivity contribution in [2.24, 2.45) is 0 Å². The van der Waals surface area contributed by atoms with Crippen LogP contribution in [0.25, 0.3) is 0 Å². The van der Waals surface area contributed by atoms with Gasteiger partial charge in [-0.25, -0.2) is 13.1 Å². The molecule has 0 spiro atoms.